The number of carbonyl (C=O) groups is 2. The number of nitrogens with one attached hydrogen (secondary N) is 1. The van der Waals surface area contributed by atoms with E-state index in [2.05, 4.69) is 10.4 Å². The second-order valence-corrected chi connectivity index (χ2v) is 4.59. The summed E-state index contributed by atoms with van der Waals surface area (Å²) >= 11 is 1.17. The Bertz CT molecular complexity index is 418. The summed E-state index contributed by atoms with van der Waals surface area (Å²) < 4.78 is 0. The number of imide groups is 1. The number of hydrogen-bond donors (Lipinski definition) is 2. The van der Waals surface area contributed by atoms with E-state index in [9.17, 15) is 9.59 Å². The summed E-state index contributed by atoms with van der Waals surface area (Å²) in [6.45, 7) is 0.266. The van der Waals surface area contributed by atoms with E-state index in [0.29, 0.717) is 18.0 Å². The first-order chi connectivity index (χ1) is 8.20. The van der Waals surface area contributed by atoms with Crippen LogP contribution >= 0.6 is 11.8 Å². The molecule has 0 aromatic carbocycles. The normalized spacial score (nSPS) is 16.2. The maximum absolute atomic E-state index is 11.6. The quantitative estimate of drug-likeness (QED) is 0.615. The number of pyridine rings is 1. The summed E-state index contributed by atoms with van der Waals surface area (Å²) in [4.78, 5) is 28.4. The first-order valence-corrected chi connectivity index (χ1v) is 6.08. The molecular formula is C10H12N4O2S. The molecule has 0 radical (unpaired) electrons. The number of anilines is 1. The second-order valence-electron chi connectivity index (χ2n) is 3.54. The minimum atomic E-state index is -0.192. The van der Waals surface area contributed by atoms with Crippen LogP contribution in [0.25, 0.3) is 0 Å². The van der Waals surface area contributed by atoms with E-state index in [4.69, 9.17) is 5.84 Å². The summed E-state index contributed by atoms with van der Waals surface area (Å²) in [5, 5.41) is -0.192. The predicted octanol–water partition coefficient (Wildman–Crippen LogP) is 0.953. The van der Waals surface area contributed by atoms with Gasteiger partial charge in [-0.1, -0.05) is 17.8 Å². The maximum atomic E-state index is 11.6. The van der Waals surface area contributed by atoms with Crippen molar-refractivity contribution in [2.24, 2.45) is 5.84 Å². The van der Waals surface area contributed by atoms with Gasteiger partial charge in [0.15, 0.2) is 0 Å². The highest BCUT2D eigenvalue weighted by molar-refractivity contribution is 8.13. The van der Waals surface area contributed by atoms with Gasteiger partial charge < -0.3 is 5.43 Å². The number of nitrogens with two attached hydrogens (primary N) is 1. The van der Waals surface area contributed by atoms with Gasteiger partial charge in [-0.2, -0.15) is 0 Å². The molecule has 1 aliphatic heterocycles. The van der Waals surface area contributed by atoms with Crippen LogP contribution in [-0.2, 0) is 11.3 Å². The van der Waals surface area contributed by atoms with Crippen molar-refractivity contribution in [1.82, 2.24) is 9.88 Å². The fourth-order valence-electron chi connectivity index (χ4n) is 1.48. The van der Waals surface area contributed by atoms with E-state index < -0.39 is 0 Å². The molecule has 1 fully saturated rings. The Morgan fingerprint density at radius 3 is 2.88 bits per heavy atom. The Kier molecular flexibility index (Phi) is 3.60. The van der Waals surface area contributed by atoms with Crippen molar-refractivity contribution in [2.45, 2.75) is 13.0 Å². The number of amides is 2. The largest absolute Gasteiger partial charge is 0.308 e. The van der Waals surface area contributed by atoms with E-state index in [1.165, 1.54) is 16.7 Å². The maximum Gasteiger partial charge on any atom is 0.288 e. The number of rotatable bonds is 3. The number of thioether (sulfide) groups is 1. The van der Waals surface area contributed by atoms with Gasteiger partial charge >= 0.3 is 0 Å². The monoisotopic (exact) mass is 252 g/mol. The molecule has 1 aliphatic rings. The van der Waals surface area contributed by atoms with Gasteiger partial charge in [0.2, 0.25) is 5.91 Å². The molecule has 1 aromatic rings. The molecule has 90 valence electrons. The lowest BCUT2D eigenvalue weighted by Crippen LogP contribution is -2.37. The third-order valence-electron chi connectivity index (χ3n) is 2.38. The standard InChI is InChI=1S/C10H12N4O2S/c11-13-8-2-1-7(5-12-8)6-14-9(15)3-4-17-10(14)16/h1-2,5H,3-4,6,11H2,(H,12,13). The fraction of sp³-hybridized carbons (Fsp3) is 0.300. The summed E-state index contributed by atoms with van der Waals surface area (Å²) in [5.74, 6) is 6.18. The number of nitrogen functional groups attached to an aromatic ring is 1. The lowest BCUT2D eigenvalue weighted by atomic mass is 10.2. The van der Waals surface area contributed by atoms with Crippen molar-refractivity contribution in [1.29, 1.82) is 0 Å². The zero-order chi connectivity index (χ0) is 12.3. The molecule has 6 nitrogen and oxygen atoms in total. The van der Waals surface area contributed by atoms with Crippen LogP contribution in [-0.4, -0.2) is 26.8 Å². The lowest BCUT2D eigenvalue weighted by Gasteiger charge is -2.23. The molecule has 3 N–H and O–H groups in total. The molecule has 0 spiro atoms. The molecule has 17 heavy (non-hydrogen) atoms. The molecule has 7 heteroatoms. The zero-order valence-electron chi connectivity index (χ0n) is 9.05. The van der Waals surface area contributed by atoms with Crippen molar-refractivity contribution >= 4 is 28.7 Å². The Morgan fingerprint density at radius 1 is 1.47 bits per heavy atom. The highest BCUT2D eigenvalue weighted by Gasteiger charge is 2.26. The van der Waals surface area contributed by atoms with Gasteiger partial charge in [0.05, 0.1) is 6.54 Å². The molecule has 0 saturated carbocycles. The lowest BCUT2D eigenvalue weighted by molar-refractivity contribution is -0.128. The SMILES string of the molecule is NNc1ccc(CN2C(=O)CCSC2=O)cn1. The van der Waals surface area contributed by atoms with Crippen LogP contribution in [0.2, 0.25) is 0 Å². The van der Waals surface area contributed by atoms with Crippen LogP contribution in [0, 0.1) is 0 Å². The summed E-state index contributed by atoms with van der Waals surface area (Å²) in [5.41, 5.74) is 3.21. The molecule has 0 aliphatic carbocycles. The van der Waals surface area contributed by atoms with Gasteiger partial charge in [0, 0.05) is 18.4 Å². The third kappa shape index (κ3) is 2.75. The Labute approximate surface area is 103 Å². The average Bonchev–Trinajstić information content (AvgIpc) is 2.35. The number of hydrazine groups is 1. The first-order valence-electron chi connectivity index (χ1n) is 5.09. The Balaban J connectivity index is 2.08. The summed E-state index contributed by atoms with van der Waals surface area (Å²) in [6.07, 6.45) is 2.00. The number of nitrogens with zero attached hydrogens (tertiary/aromatic N) is 2. The van der Waals surface area contributed by atoms with Crippen LogP contribution in [0.4, 0.5) is 10.6 Å². The number of carbonyl (C=O) groups excluding carboxylic acids is 2. The highest BCUT2D eigenvalue weighted by Crippen LogP contribution is 2.20. The topological polar surface area (TPSA) is 88.3 Å². The van der Waals surface area contributed by atoms with E-state index in [0.717, 1.165) is 5.56 Å². The zero-order valence-corrected chi connectivity index (χ0v) is 9.87. The second kappa shape index (κ2) is 5.15. The van der Waals surface area contributed by atoms with Gasteiger partial charge in [-0.05, 0) is 11.6 Å². The van der Waals surface area contributed by atoms with Crippen LogP contribution < -0.4 is 11.3 Å². The van der Waals surface area contributed by atoms with Crippen LogP contribution in [0.15, 0.2) is 18.3 Å². The van der Waals surface area contributed by atoms with Crippen molar-refractivity contribution in [3.8, 4) is 0 Å². The van der Waals surface area contributed by atoms with E-state index in [1.807, 2.05) is 0 Å². The number of hydrogen-bond acceptors (Lipinski definition) is 6. The molecular weight excluding hydrogens is 240 g/mol. The van der Waals surface area contributed by atoms with Crippen LogP contribution in [0.3, 0.4) is 0 Å². The Morgan fingerprint density at radius 2 is 2.29 bits per heavy atom. The molecule has 2 amide bonds. The van der Waals surface area contributed by atoms with Crippen molar-refractivity contribution in [3.63, 3.8) is 0 Å². The van der Waals surface area contributed by atoms with Crippen LogP contribution in [0.1, 0.15) is 12.0 Å². The fourth-order valence-corrected chi connectivity index (χ4v) is 2.25. The summed E-state index contributed by atoms with van der Waals surface area (Å²) in [6, 6.07) is 3.48. The van der Waals surface area contributed by atoms with E-state index >= 15 is 0 Å². The van der Waals surface area contributed by atoms with Gasteiger partial charge in [-0.3, -0.25) is 14.5 Å². The van der Waals surface area contributed by atoms with Crippen molar-refractivity contribution < 1.29 is 9.59 Å². The predicted molar refractivity (Wildman–Crippen MR) is 65.1 cm³/mol. The molecule has 2 rings (SSSR count). The summed E-state index contributed by atoms with van der Waals surface area (Å²) in [7, 11) is 0. The van der Waals surface area contributed by atoms with Crippen molar-refractivity contribution in [3.05, 3.63) is 23.9 Å². The van der Waals surface area contributed by atoms with Gasteiger partial charge in [-0.15, -0.1) is 0 Å². The molecule has 0 atom stereocenters. The third-order valence-corrected chi connectivity index (χ3v) is 3.25. The average molecular weight is 252 g/mol. The van der Waals surface area contributed by atoms with Crippen LogP contribution in [0.5, 0.6) is 0 Å². The minimum Gasteiger partial charge on any atom is -0.308 e. The van der Waals surface area contributed by atoms with Gasteiger partial charge in [-0.25, -0.2) is 10.8 Å². The Hall–Kier alpha value is -1.60. The van der Waals surface area contributed by atoms with E-state index in [1.54, 1.807) is 18.3 Å². The first kappa shape index (κ1) is 11.9. The number of aromatic nitrogens is 1. The van der Waals surface area contributed by atoms with Gasteiger partial charge in [0.25, 0.3) is 5.24 Å². The van der Waals surface area contributed by atoms with Gasteiger partial charge in [0.1, 0.15) is 5.82 Å². The molecule has 2 heterocycles. The molecule has 1 saturated heterocycles. The molecule has 0 unspecified atom stereocenters. The smallest absolute Gasteiger partial charge is 0.288 e. The highest BCUT2D eigenvalue weighted by atomic mass is 32.2. The molecule has 0 bridgehead atoms. The molecule has 1 aromatic heterocycles. The van der Waals surface area contributed by atoms with E-state index in [-0.39, 0.29) is 17.7 Å². The van der Waals surface area contributed by atoms with Crippen molar-refractivity contribution in [2.75, 3.05) is 11.2 Å². The minimum absolute atomic E-state index is 0.130.